The summed E-state index contributed by atoms with van der Waals surface area (Å²) in [5.74, 6) is 1.20. The molecule has 0 N–H and O–H groups in total. The van der Waals surface area contributed by atoms with Crippen molar-refractivity contribution in [3.63, 3.8) is 0 Å². The highest BCUT2D eigenvalue weighted by molar-refractivity contribution is 7.22. The van der Waals surface area contributed by atoms with Gasteiger partial charge in [-0.15, -0.1) is 12.4 Å². The first kappa shape index (κ1) is 25.2. The number of carbonyl (C=O) groups excluding carboxylic acids is 1. The summed E-state index contributed by atoms with van der Waals surface area (Å²) >= 11 is 1.43. The Morgan fingerprint density at radius 2 is 1.91 bits per heavy atom. The highest BCUT2D eigenvalue weighted by atomic mass is 35.5. The Labute approximate surface area is 203 Å². The predicted octanol–water partition coefficient (Wildman–Crippen LogP) is 3.32. The quantitative estimate of drug-likeness (QED) is 0.450. The molecule has 11 heteroatoms. The van der Waals surface area contributed by atoms with Gasteiger partial charge in [-0.25, -0.2) is 4.98 Å². The lowest BCUT2D eigenvalue weighted by Crippen LogP contribution is -2.39. The molecular weight excluding hydrogens is 466 g/mol. The van der Waals surface area contributed by atoms with Crippen molar-refractivity contribution in [3.05, 3.63) is 30.1 Å². The minimum absolute atomic E-state index is 0. The number of carbonyl (C=O) groups is 1. The first-order chi connectivity index (χ1) is 15.6. The third kappa shape index (κ3) is 5.57. The number of methoxy groups -OCH3 is 2. The molecule has 0 aliphatic carbocycles. The highest BCUT2D eigenvalue weighted by Gasteiger charge is 2.25. The van der Waals surface area contributed by atoms with Gasteiger partial charge in [0.25, 0.3) is 5.91 Å². The van der Waals surface area contributed by atoms with Gasteiger partial charge in [-0.2, -0.15) is 5.10 Å². The zero-order valence-electron chi connectivity index (χ0n) is 19.2. The van der Waals surface area contributed by atoms with Gasteiger partial charge in [-0.3, -0.25) is 19.3 Å². The number of thiazole rings is 1. The van der Waals surface area contributed by atoms with Gasteiger partial charge < -0.3 is 14.2 Å². The number of benzene rings is 1. The monoisotopic (exact) mass is 495 g/mol. The number of hydrogen-bond donors (Lipinski definition) is 0. The number of anilines is 1. The largest absolute Gasteiger partial charge is 0.495 e. The van der Waals surface area contributed by atoms with Crippen LogP contribution in [0.15, 0.2) is 24.4 Å². The Morgan fingerprint density at radius 3 is 2.58 bits per heavy atom. The van der Waals surface area contributed by atoms with Gasteiger partial charge in [0.2, 0.25) is 0 Å². The highest BCUT2D eigenvalue weighted by Crippen LogP contribution is 2.40. The Kier molecular flexibility index (Phi) is 8.90. The van der Waals surface area contributed by atoms with E-state index in [1.54, 1.807) is 29.9 Å². The second kappa shape index (κ2) is 11.6. The predicted molar refractivity (Wildman–Crippen MR) is 131 cm³/mol. The van der Waals surface area contributed by atoms with Gasteiger partial charge in [0.05, 0.1) is 27.4 Å². The van der Waals surface area contributed by atoms with E-state index < -0.39 is 0 Å². The van der Waals surface area contributed by atoms with E-state index in [1.165, 1.54) is 11.3 Å². The molecule has 4 rings (SSSR count). The molecule has 1 aliphatic rings. The van der Waals surface area contributed by atoms with Crippen LogP contribution < -0.4 is 14.4 Å². The standard InChI is InChI=1S/C22H29N5O4S.ClH/c1-4-26-11-8-16(24-26)21(28)27(10-5-9-25-12-14-31-15-13-25)22-23-19-17(29-2)6-7-18(30-3)20(19)32-22;/h6-8,11H,4-5,9-10,12-15H2,1-3H3;1H. The van der Waals surface area contributed by atoms with Gasteiger partial charge in [0.15, 0.2) is 10.8 Å². The Morgan fingerprint density at radius 1 is 1.18 bits per heavy atom. The molecule has 0 atom stereocenters. The van der Waals surface area contributed by atoms with E-state index >= 15 is 0 Å². The zero-order valence-corrected chi connectivity index (χ0v) is 20.8. The van der Waals surface area contributed by atoms with Crippen molar-refractivity contribution in [2.75, 3.05) is 58.5 Å². The smallest absolute Gasteiger partial charge is 0.280 e. The van der Waals surface area contributed by atoms with Crippen LogP contribution in [0.3, 0.4) is 0 Å². The molecule has 1 amide bonds. The molecule has 33 heavy (non-hydrogen) atoms. The Hall–Kier alpha value is -2.40. The molecule has 2 aromatic heterocycles. The van der Waals surface area contributed by atoms with Crippen LogP contribution >= 0.6 is 23.7 Å². The maximum atomic E-state index is 13.5. The molecular formula is C22H30ClN5O4S. The molecule has 3 aromatic rings. The van der Waals surface area contributed by atoms with Crippen LogP contribution in [0.25, 0.3) is 10.2 Å². The van der Waals surface area contributed by atoms with E-state index in [4.69, 9.17) is 19.2 Å². The van der Waals surface area contributed by atoms with E-state index in [9.17, 15) is 4.79 Å². The Bertz CT molecular complexity index is 1030. The van der Waals surface area contributed by atoms with Crippen molar-refractivity contribution in [3.8, 4) is 11.5 Å². The van der Waals surface area contributed by atoms with Crippen LogP contribution in [0.2, 0.25) is 0 Å². The lowest BCUT2D eigenvalue weighted by molar-refractivity contribution is 0.0376. The fourth-order valence-electron chi connectivity index (χ4n) is 3.74. The molecule has 0 unspecified atom stereocenters. The lowest BCUT2D eigenvalue weighted by atomic mass is 10.3. The topological polar surface area (TPSA) is 82.0 Å². The summed E-state index contributed by atoms with van der Waals surface area (Å²) in [6.07, 6.45) is 2.65. The fraction of sp³-hybridized carbons (Fsp3) is 0.500. The maximum Gasteiger partial charge on any atom is 0.280 e. The van der Waals surface area contributed by atoms with E-state index in [0.717, 1.165) is 44.0 Å². The van der Waals surface area contributed by atoms with Gasteiger partial charge in [0, 0.05) is 38.9 Å². The van der Waals surface area contributed by atoms with Crippen LogP contribution in [0.5, 0.6) is 11.5 Å². The molecule has 180 valence electrons. The van der Waals surface area contributed by atoms with Crippen LogP contribution in [0, 0.1) is 0 Å². The maximum absolute atomic E-state index is 13.5. The SMILES string of the molecule is CCn1ccc(C(=O)N(CCCN2CCOCC2)c2nc3c(OC)ccc(OC)c3s2)n1.Cl. The average molecular weight is 496 g/mol. The number of hydrogen-bond acceptors (Lipinski definition) is 8. The van der Waals surface area contributed by atoms with Crippen molar-refractivity contribution >= 4 is 45.0 Å². The van der Waals surface area contributed by atoms with Crippen LogP contribution in [-0.4, -0.2) is 79.2 Å². The molecule has 0 bridgehead atoms. The van der Waals surface area contributed by atoms with Crippen molar-refractivity contribution in [1.29, 1.82) is 0 Å². The third-order valence-electron chi connectivity index (χ3n) is 5.52. The van der Waals surface area contributed by atoms with E-state index in [0.29, 0.717) is 40.9 Å². The Balaban J connectivity index is 0.00000306. The van der Waals surface area contributed by atoms with Crippen LogP contribution in [0.1, 0.15) is 23.8 Å². The van der Waals surface area contributed by atoms with Gasteiger partial charge >= 0.3 is 0 Å². The number of morpholine rings is 1. The molecule has 1 saturated heterocycles. The van der Waals surface area contributed by atoms with Crippen LogP contribution in [0.4, 0.5) is 5.13 Å². The molecule has 3 heterocycles. The van der Waals surface area contributed by atoms with Crippen molar-refractivity contribution in [2.24, 2.45) is 0 Å². The minimum atomic E-state index is -0.156. The lowest BCUT2D eigenvalue weighted by Gasteiger charge is -2.27. The average Bonchev–Trinajstić information content (AvgIpc) is 3.49. The van der Waals surface area contributed by atoms with Crippen molar-refractivity contribution < 1.29 is 19.0 Å². The molecule has 0 radical (unpaired) electrons. The molecule has 0 saturated carbocycles. The molecule has 1 fully saturated rings. The number of ether oxygens (including phenoxy) is 3. The summed E-state index contributed by atoms with van der Waals surface area (Å²) in [7, 11) is 3.24. The zero-order chi connectivity index (χ0) is 22.5. The second-order valence-electron chi connectivity index (χ2n) is 7.47. The molecule has 1 aliphatic heterocycles. The summed E-state index contributed by atoms with van der Waals surface area (Å²) in [4.78, 5) is 22.3. The van der Waals surface area contributed by atoms with E-state index in [1.807, 2.05) is 25.3 Å². The summed E-state index contributed by atoms with van der Waals surface area (Å²) in [6, 6.07) is 5.45. The number of aromatic nitrogens is 3. The fourth-order valence-corrected chi connectivity index (χ4v) is 4.84. The first-order valence-electron chi connectivity index (χ1n) is 10.8. The third-order valence-corrected chi connectivity index (χ3v) is 6.61. The van der Waals surface area contributed by atoms with E-state index in [2.05, 4.69) is 10.00 Å². The number of amides is 1. The number of fused-ring (bicyclic) bond motifs is 1. The molecule has 9 nitrogen and oxygen atoms in total. The summed E-state index contributed by atoms with van der Waals surface area (Å²) in [5, 5.41) is 5.03. The number of rotatable bonds is 9. The van der Waals surface area contributed by atoms with Crippen LogP contribution in [-0.2, 0) is 11.3 Å². The summed E-state index contributed by atoms with van der Waals surface area (Å²) in [5.41, 5.74) is 1.10. The normalized spacial score (nSPS) is 14.2. The molecule has 1 aromatic carbocycles. The molecule has 0 spiro atoms. The first-order valence-corrected chi connectivity index (χ1v) is 11.6. The second-order valence-corrected chi connectivity index (χ2v) is 8.44. The van der Waals surface area contributed by atoms with Crippen molar-refractivity contribution in [1.82, 2.24) is 19.7 Å². The van der Waals surface area contributed by atoms with Gasteiger partial charge in [-0.1, -0.05) is 11.3 Å². The summed E-state index contributed by atoms with van der Waals surface area (Å²) in [6.45, 7) is 7.50. The van der Waals surface area contributed by atoms with E-state index in [-0.39, 0.29) is 18.3 Å². The minimum Gasteiger partial charge on any atom is -0.495 e. The van der Waals surface area contributed by atoms with Gasteiger partial charge in [-0.05, 0) is 31.5 Å². The summed E-state index contributed by atoms with van der Waals surface area (Å²) < 4.78 is 19.1. The van der Waals surface area contributed by atoms with Crippen molar-refractivity contribution in [2.45, 2.75) is 19.9 Å². The van der Waals surface area contributed by atoms with Gasteiger partial charge in [0.1, 0.15) is 21.7 Å². The number of nitrogens with zero attached hydrogens (tertiary/aromatic N) is 5. The number of halogens is 1. The number of aryl methyl sites for hydroxylation is 1.